The second-order valence-corrected chi connectivity index (χ2v) is 2.94. The first-order chi connectivity index (χ1) is 6.11. The van der Waals surface area contributed by atoms with E-state index in [1.807, 2.05) is 0 Å². The molecule has 0 aliphatic carbocycles. The van der Waals surface area contributed by atoms with Crippen molar-refractivity contribution < 1.29 is 19.5 Å². The Labute approximate surface area is 75.3 Å². The normalized spacial score (nSPS) is 17.7. The average Bonchev–Trinajstić information content (AvgIpc) is 2.03. The maximum absolute atomic E-state index is 11.1. The third-order valence-corrected chi connectivity index (χ3v) is 1.93. The van der Waals surface area contributed by atoms with Gasteiger partial charge in [-0.2, -0.15) is 0 Å². The van der Waals surface area contributed by atoms with Crippen molar-refractivity contribution in [2.45, 2.75) is 25.7 Å². The number of hydrogen-bond acceptors (Lipinski definition) is 3. The van der Waals surface area contributed by atoms with E-state index in [1.165, 1.54) is 0 Å². The van der Waals surface area contributed by atoms with Gasteiger partial charge in [-0.15, -0.1) is 0 Å². The van der Waals surface area contributed by atoms with Crippen molar-refractivity contribution in [1.29, 1.82) is 0 Å². The lowest BCUT2D eigenvalue weighted by Crippen LogP contribution is -2.41. The van der Waals surface area contributed by atoms with Crippen LogP contribution >= 0.6 is 0 Å². The number of amides is 2. The van der Waals surface area contributed by atoms with Gasteiger partial charge in [-0.3, -0.25) is 19.3 Å². The van der Waals surface area contributed by atoms with Gasteiger partial charge in [0.05, 0.1) is 6.42 Å². The first-order valence-corrected chi connectivity index (χ1v) is 4.16. The quantitative estimate of drug-likeness (QED) is 0.628. The van der Waals surface area contributed by atoms with Gasteiger partial charge < -0.3 is 5.11 Å². The number of carboxylic acids is 1. The summed E-state index contributed by atoms with van der Waals surface area (Å²) in [7, 11) is 0. The van der Waals surface area contributed by atoms with Gasteiger partial charge in [-0.25, -0.2) is 0 Å². The van der Waals surface area contributed by atoms with E-state index in [1.54, 1.807) is 0 Å². The lowest BCUT2D eigenvalue weighted by molar-refractivity contribution is -0.148. The number of piperidine rings is 1. The van der Waals surface area contributed by atoms with Crippen molar-refractivity contribution in [3.05, 3.63) is 0 Å². The summed E-state index contributed by atoms with van der Waals surface area (Å²) in [5.74, 6) is -1.50. The fourth-order valence-electron chi connectivity index (χ4n) is 1.26. The van der Waals surface area contributed by atoms with Gasteiger partial charge in [0.1, 0.15) is 0 Å². The third kappa shape index (κ3) is 2.54. The fraction of sp³-hybridized carbons (Fsp3) is 0.625. The predicted octanol–water partition coefficient (Wildman–Crippen LogP) is 0.000200. The van der Waals surface area contributed by atoms with Crippen LogP contribution < -0.4 is 0 Å². The summed E-state index contributed by atoms with van der Waals surface area (Å²) in [5, 5.41) is 8.37. The maximum atomic E-state index is 11.1. The Bertz CT molecular complexity index is 233. The number of imide groups is 1. The summed E-state index contributed by atoms with van der Waals surface area (Å²) in [4.78, 5) is 33.5. The molecule has 2 amide bonds. The summed E-state index contributed by atoms with van der Waals surface area (Å²) in [5.41, 5.74) is 0. The summed E-state index contributed by atoms with van der Waals surface area (Å²) in [6, 6.07) is 0. The molecule has 1 fully saturated rings. The number of hydrogen-bond donors (Lipinski definition) is 1. The van der Waals surface area contributed by atoms with Crippen molar-refractivity contribution in [2.24, 2.45) is 0 Å². The highest BCUT2D eigenvalue weighted by molar-refractivity contribution is 5.97. The Morgan fingerprint density at radius 3 is 2.31 bits per heavy atom. The molecule has 0 spiro atoms. The van der Waals surface area contributed by atoms with E-state index in [9.17, 15) is 14.4 Å². The molecule has 1 saturated heterocycles. The van der Waals surface area contributed by atoms with Crippen LogP contribution in [-0.2, 0) is 14.4 Å². The van der Waals surface area contributed by atoms with E-state index in [0.29, 0.717) is 19.3 Å². The van der Waals surface area contributed by atoms with Crippen LogP contribution in [0.15, 0.2) is 0 Å². The molecular formula is C8H11NO4. The van der Waals surface area contributed by atoms with Crippen molar-refractivity contribution >= 4 is 17.8 Å². The van der Waals surface area contributed by atoms with E-state index >= 15 is 0 Å². The molecule has 13 heavy (non-hydrogen) atoms. The number of likely N-dealkylation sites (tertiary alicyclic amines) is 1. The van der Waals surface area contributed by atoms with Gasteiger partial charge in [0, 0.05) is 19.4 Å². The molecule has 0 bridgehead atoms. The topological polar surface area (TPSA) is 74.7 Å². The second-order valence-electron chi connectivity index (χ2n) is 2.94. The molecular weight excluding hydrogens is 174 g/mol. The number of nitrogens with zero attached hydrogens (tertiary/aromatic N) is 1. The number of carbonyl (C=O) groups excluding carboxylic acids is 2. The van der Waals surface area contributed by atoms with E-state index in [2.05, 4.69) is 0 Å². The molecule has 0 aromatic rings. The Morgan fingerprint density at radius 2 is 1.85 bits per heavy atom. The minimum absolute atomic E-state index is 0.00694. The Balaban J connectivity index is 2.49. The van der Waals surface area contributed by atoms with E-state index in [4.69, 9.17) is 5.11 Å². The largest absolute Gasteiger partial charge is 0.481 e. The Kier molecular flexibility index (Phi) is 3.00. The molecule has 1 aliphatic rings. The first kappa shape index (κ1) is 9.70. The second kappa shape index (κ2) is 4.02. The van der Waals surface area contributed by atoms with Crippen LogP contribution in [0.3, 0.4) is 0 Å². The Hall–Kier alpha value is -1.39. The highest BCUT2D eigenvalue weighted by Gasteiger charge is 2.25. The summed E-state index contributed by atoms with van der Waals surface area (Å²) in [6.07, 6.45) is 1.12. The van der Waals surface area contributed by atoms with Crippen LogP contribution in [0.2, 0.25) is 0 Å². The standard InChI is InChI=1S/C8H11NO4/c10-6-2-1-3-7(11)9(6)5-4-8(12)13/h1-5H2,(H,12,13). The zero-order valence-corrected chi connectivity index (χ0v) is 7.15. The number of carbonyl (C=O) groups is 3. The molecule has 0 saturated carbocycles. The number of carboxylic acid groups (broad SMARTS) is 1. The van der Waals surface area contributed by atoms with Crippen LogP contribution in [-0.4, -0.2) is 34.3 Å². The molecule has 0 radical (unpaired) electrons. The molecule has 0 unspecified atom stereocenters. The monoisotopic (exact) mass is 185 g/mol. The highest BCUT2D eigenvalue weighted by atomic mass is 16.4. The first-order valence-electron chi connectivity index (χ1n) is 4.16. The third-order valence-electron chi connectivity index (χ3n) is 1.93. The molecule has 5 heteroatoms. The van der Waals surface area contributed by atoms with Gasteiger partial charge >= 0.3 is 5.97 Å². The summed E-state index contributed by atoms with van der Waals surface area (Å²) in [6.45, 7) is 0.00694. The van der Waals surface area contributed by atoms with Crippen LogP contribution in [0.5, 0.6) is 0 Å². The summed E-state index contributed by atoms with van der Waals surface area (Å²) >= 11 is 0. The summed E-state index contributed by atoms with van der Waals surface area (Å²) < 4.78 is 0. The molecule has 1 rings (SSSR count). The van der Waals surface area contributed by atoms with Gasteiger partial charge in [0.2, 0.25) is 11.8 Å². The van der Waals surface area contributed by atoms with E-state index < -0.39 is 5.97 Å². The van der Waals surface area contributed by atoms with Crippen LogP contribution in [0, 0.1) is 0 Å². The molecule has 1 aliphatic heterocycles. The average molecular weight is 185 g/mol. The number of rotatable bonds is 3. The maximum Gasteiger partial charge on any atom is 0.305 e. The van der Waals surface area contributed by atoms with Crippen molar-refractivity contribution in [1.82, 2.24) is 4.90 Å². The van der Waals surface area contributed by atoms with Gasteiger partial charge in [0.25, 0.3) is 0 Å². The van der Waals surface area contributed by atoms with Gasteiger partial charge in [0.15, 0.2) is 0 Å². The minimum atomic E-state index is -0.994. The zero-order chi connectivity index (χ0) is 9.84. The SMILES string of the molecule is O=C(O)CCN1C(=O)CCCC1=O. The lowest BCUT2D eigenvalue weighted by Gasteiger charge is -2.23. The van der Waals surface area contributed by atoms with Crippen molar-refractivity contribution in [3.63, 3.8) is 0 Å². The van der Waals surface area contributed by atoms with Crippen LogP contribution in [0.1, 0.15) is 25.7 Å². The van der Waals surface area contributed by atoms with Crippen molar-refractivity contribution in [3.8, 4) is 0 Å². The number of aliphatic carboxylic acids is 1. The fourth-order valence-corrected chi connectivity index (χ4v) is 1.26. The van der Waals surface area contributed by atoms with Gasteiger partial charge in [-0.05, 0) is 6.42 Å². The lowest BCUT2D eigenvalue weighted by atomic mass is 10.1. The molecule has 72 valence electrons. The molecule has 5 nitrogen and oxygen atoms in total. The smallest absolute Gasteiger partial charge is 0.305 e. The van der Waals surface area contributed by atoms with Crippen LogP contribution in [0.25, 0.3) is 0 Å². The van der Waals surface area contributed by atoms with Gasteiger partial charge in [-0.1, -0.05) is 0 Å². The zero-order valence-electron chi connectivity index (χ0n) is 7.15. The minimum Gasteiger partial charge on any atom is -0.481 e. The molecule has 1 N–H and O–H groups in total. The Morgan fingerprint density at radius 1 is 1.31 bits per heavy atom. The predicted molar refractivity (Wildman–Crippen MR) is 42.8 cm³/mol. The molecule has 0 atom stereocenters. The molecule has 0 aromatic heterocycles. The van der Waals surface area contributed by atoms with Crippen molar-refractivity contribution in [2.75, 3.05) is 6.54 Å². The highest BCUT2D eigenvalue weighted by Crippen LogP contribution is 2.12. The molecule has 0 aromatic carbocycles. The van der Waals surface area contributed by atoms with E-state index in [0.717, 1.165) is 4.90 Å². The van der Waals surface area contributed by atoms with Crippen LogP contribution in [0.4, 0.5) is 0 Å². The van der Waals surface area contributed by atoms with E-state index in [-0.39, 0.29) is 24.8 Å². The molecule has 1 heterocycles.